The van der Waals surface area contributed by atoms with E-state index in [1.54, 1.807) is 33.5 Å². The Hall–Kier alpha value is -3.19. The summed E-state index contributed by atoms with van der Waals surface area (Å²) >= 11 is 0. The van der Waals surface area contributed by atoms with E-state index in [1.807, 2.05) is 49.1 Å². The van der Waals surface area contributed by atoms with Crippen LogP contribution in [0.5, 0.6) is 17.2 Å². The monoisotopic (exact) mass is 482 g/mol. The quantitative estimate of drug-likeness (QED) is 0.395. The normalized spacial score (nSPS) is 15.4. The molecule has 4 rings (SSSR count). The number of methoxy groups -OCH3 is 3. The molecule has 1 unspecified atom stereocenters. The van der Waals surface area contributed by atoms with Crippen molar-refractivity contribution in [1.29, 1.82) is 0 Å². The van der Waals surface area contributed by atoms with Crippen LogP contribution in [0.15, 0.2) is 46.9 Å². The predicted molar refractivity (Wildman–Crippen MR) is 139 cm³/mol. The fraction of sp³-hybridized carbons (Fsp3) is 0.464. The van der Waals surface area contributed by atoms with Crippen LogP contribution in [0.25, 0.3) is 11.0 Å². The van der Waals surface area contributed by atoms with Gasteiger partial charge < -0.3 is 28.4 Å². The first-order valence-electron chi connectivity index (χ1n) is 12.3. The zero-order chi connectivity index (χ0) is 25.4. The van der Waals surface area contributed by atoms with Crippen LogP contribution in [0.4, 0.5) is 0 Å². The summed E-state index contributed by atoms with van der Waals surface area (Å²) in [6, 6.07) is 13.8. The van der Waals surface area contributed by atoms with E-state index >= 15 is 0 Å². The molecule has 1 fully saturated rings. The molecule has 1 aromatic heterocycles. The van der Waals surface area contributed by atoms with Crippen LogP contribution in [0.2, 0.25) is 0 Å². The van der Waals surface area contributed by atoms with Crippen molar-refractivity contribution in [3.05, 3.63) is 53.8 Å². The van der Waals surface area contributed by atoms with E-state index in [4.69, 9.17) is 18.6 Å². The number of rotatable bonds is 9. The van der Waals surface area contributed by atoms with E-state index in [2.05, 4.69) is 11.9 Å². The molecule has 190 valence electrons. The maximum absolute atomic E-state index is 13.7. The molecule has 7 heteroatoms. The highest BCUT2D eigenvalue weighted by molar-refractivity contribution is 5.95. The molecule has 1 aliphatic rings. The molecule has 1 atom stereocenters. The lowest BCUT2D eigenvalue weighted by atomic mass is 10.1. The highest BCUT2D eigenvalue weighted by atomic mass is 16.5. The van der Waals surface area contributed by atoms with Crippen molar-refractivity contribution in [3.8, 4) is 17.2 Å². The molecule has 7 nitrogen and oxygen atoms in total. The van der Waals surface area contributed by atoms with Crippen molar-refractivity contribution in [2.45, 2.75) is 45.7 Å². The first-order valence-corrected chi connectivity index (χ1v) is 12.3. The fourth-order valence-corrected chi connectivity index (χ4v) is 4.59. The summed E-state index contributed by atoms with van der Waals surface area (Å²) in [5.74, 6) is 2.04. The van der Waals surface area contributed by atoms with E-state index in [9.17, 15) is 4.79 Å². The molecular weight excluding hydrogens is 444 g/mol. The van der Waals surface area contributed by atoms with Crippen molar-refractivity contribution in [3.63, 3.8) is 0 Å². The lowest BCUT2D eigenvalue weighted by molar-refractivity contribution is 0.0717. The molecule has 0 N–H and O–H groups in total. The third-order valence-corrected chi connectivity index (χ3v) is 6.43. The molecule has 0 spiro atoms. The van der Waals surface area contributed by atoms with Gasteiger partial charge in [-0.1, -0.05) is 32.0 Å². The van der Waals surface area contributed by atoms with Gasteiger partial charge in [0.1, 0.15) is 11.3 Å². The van der Waals surface area contributed by atoms with Crippen LogP contribution in [0.1, 0.15) is 49.2 Å². The Morgan fingerprint density at radius 1 is 1.06 bits per heavy atom. The maximum Gasteiger partial charge on any atom is 0.254 e. The van der Waals surface area contributed by atoms with Gasteiger partial charge in [0, 0.05) is 23.5 Å². The van der Waals surface area contributed by atoms with Crippen molar-refractivity contribution in [2.75, 3.05) is 41.5 Å². The Labute approximate surface area is 208 Å². The van der Waals surface area contributed by atoms with Gasteiger partial charge in [0.05, 0.1) is 27.9 Å². The Morgan fingerprint density at radius 2 is 1.74 bits per heavy atom. The first kappa shape index (κ1) is 26.4. The van der Waals surface area contributed by atoms with Crippen LogP contribution in [0, 0.1) is 0 Å². The second-order valence-corrected chi connectivity index (χ2v) is 8.46. The van der Waals surface area contributed by atoms with Gasteiger partial charge in [-0.05, 0) is 57.1 Å². The number of furan rings is 1. The summed E-state index contributed by atoms with van der Waals surface area (Å²) in [5.41, 5.74) is 1.31. The largest absolute Gasteiger partial charge is 0.493 e. The zero-order valence-electron chi connectivity index (χ0n) is 21.8. The molecule has 0 radical (unpaired) electrons. The van der Waals surface area contributed by atoms with E-state index < -0.39 is 0 Å². The van der Waals surface area contributed by atoms with E-state index in [0.717, 1.165) is 36.1 Å². The number of nitrogens with zero attached hydrogens (tertiary/aromatic N) is 2. The standard InChI is InChI=1S/C26H32N2O5.C2H6/c1-27-12-7-9-20(27)11-13-28(17-21-14-18-8-5-6-10-22(18)33-21)26(29)19-15-23(30-2)25(32-4)24(16-19)31-3;1-2/h5-6,8,10,14-16,20H,7,9,11-13,17H2,1-4H3;1-2H3. The number of hydrogen-bond donors (Lipinski definition) is 0. The number of fused-ring (bicyclic) bond motifs is 1. The van der Waals surface area contributed by atoms with Gasteiger partial charge in [0.2, 0.25) is 5.75 Å². The van der Waals surface area contributed by atoms with Crippen LogP contribution in [-0.4, -0.2) is 63.2 Å². The van der Waals surface area contributed by atoms with Crippen molar-refractivity contribution < 1.29 is 23.4 Å². The molecule has 2 heterocycles. The lowest BCUT2D eigenvalue weighted by Gasteiger charge is -2.26. The Kier molecular flexibility index (Phi) is 9.43. The minimum Gasteiger partial charge on any atom is -0.493 e. The second kappa shape index (κ2) is 12.5. The Bertz CT molecular complexity index is 1050. The van der Waals surface area contributed by atoms with Crippen molar-refractivity contribution in [1.82, 2.24) is 9.80 Å². The van der Waals surface area contributed by atoms with Crippen LogP contribution in [-0.2, 0) is 6.54 Å². The average Bonchev–Trinajstić information content (AvgIpc) is 3.51. The molecule has 2 aromatic carbocycles. The summed E-state index contributed by atoms with van der Waals surface area (Å²) in [5, 5.41) is 1.03. The molecule has 0 aliphatic carbocycles. The van der Waals surface area contributed by atoms with Gasteiger partial charge >= 0.3 is 0 Å². The van der Waals surface area contributed by atoms with Gasteiger partial charge in [-0.3, -0.25) is 4.79 Å². The van der Waals surface area contributed by atoms with Gasteiger partial charge in [-0.25, -0.2) is 0 Å². The summed E-state index contributed by atoms with van der Waals surface area (Å²) in [6.07, 6.45) is 3.27. The Morgan fingerprint density at radius 3 is 2.31 bits per heavy atom. The van der Waals surface area contributed by atoms with Gasteiger partial charge in [0.15, 0.2) is 11.5 Å². The van der Waals surface area contributed by atoms with Crippen molar-refractivity contribution >= 4 is 16.9 Å². The third-order valence-electron chi connectivity index (χ3n) is 6.43. The average molecular weight is 483 g/mol. The molecular formula is C28H38N2O5. The number of likely N-dealkylation sites (tertiary alicyclic amines) is 1. The molecule has 0 saturated carbocycles. The zero-order valence-corrected chi connectivity index (χ0v) is 21.8. The maximum atomic E-state index is 13.7. The van der Waals surface area contributed by atoms with E-state index in [-0.39, 0.29) is 5.91 Å². The topological polar surface area (TPSA) is 64.4 Å². The summed E-state index contributed by atoms with van der Waals surface area (Å²) in [6.45, 7) is 6.12. The number of benzene rings is 2. The number of hydrogen-bond acceptors (Lipinski definition) is 6. The Balaban J connectivity index is 0.00000167. The first-order chi connectivity index (χ1) is 17.0. The molecule has 35 heavy (non-hydrogen) atoms. The van der Waals surface area contributed by atoms with Gasteiger partial charge in [-0.15, -0.1) is 0 Å². The molecule has 1 amide bonds. The summed E-state index contributed by atoms with van der Waals surface area (Å²) in [4.78, 5) is 17.9. The number of amides is 1. The third kappa shape index (κ3) is 6.09. The highest BCUT2D eigenvalue weighted by Crippen LogP contribution is 2.38. The molecule has 1 aliphatic heterocycles. The lowest BCUT2D eigenvalue weighted by Crippen LogP contribution is -2.35. The van der Waals surface area contributed by atoms with E-state index in [0.29, 0.717) is 41.9 Å². The highest BCUT2D eigenvalue weighted by Gasteiger charge is 2.26. The minimum absolute atomic E-state index is 0.102. The smallest absolute Gasteiger partial charge is 0.254 e. The van der Waals surface area contributed by atoms with Gasteiger partial charge in [0.25, 0.3) is 5.91 Å². The number of ether oxygens (including phenoxy) is 3. The summed E-state index contributed by atoms with van der Waals surface area (Å²) in [7, 11) is 6.80. The SMILES string of the molecule is CC.COc1cc(C(=O)N(CCC2CCCN2C)Cc2cc3ccccc3o2)cc(OC)c1OC. The van der Waals surface area contributed by atoms with Crippen LogP contribution >= 0.6 is 0 Å². The number of para-hydroxylation sites is 1. The predicted octanol–water partition coefficient (Wildman–Crippen LogP) is 5.61. The van der Waals surface area contributed by atoms with Crippen LogP contribution < -0.4 is 14.2 Å². The molecule has 3 aromatic rings. The molecule has 0 bridgehead atoms. The van der Waals surface area contributed by atoms with E-state index in [1.165, 1.54) is 6.42 Å². The fourth-order valence-electron chi connectivity index (χ4n) is 4.59. The second-order valence-electron chi connectivity index (χ2n) is 8.46. The number of carbonyl (C=O) groups is 1. The number of carbonyl (C=O) groups excluding carboxylic acids is 1. The van der Waals surface area contributed by atoms with Crippen LogP contribution in [0.3, 0.4) is 0 Å². The molecule has 1 saturated heterocycles. The van der Waals surface area contributed by atoms with Gasteiger partial charge in [-0.2, -0.15) is 0 Å². The minimum atomic E-state index is -0.102. The summed E-state index contributed by atoms with van der Waals surface area (Å²) < 4.78 is 22.4. The van der Waals surface area contributed by atoms with Crippen molar-refractivity contribution in [2.24, 2.45) is 0 Å².